The summed E-state index contributed by atoms with van der Waals surface area (Å²) in [4.78, 5) is 3.94. The van der Waals surface area contributed by atoms with Crippen molar-refractivity contribution in [2.24, 2.45) is 0 Å². The third-order valence-corrected chi connectivity index (χ3v) is 5.04. The highest BCUT2D eigenvalue weighted by Gasteiger charge is 2.23. The maximum absolute atomic E-state index is 13.9. The van der Waals surface area contributed by atoms with Crippen LogP contribution in [0.25, 0.3) is 0 Å². The van der Waals surface area contributed by atoms with E-state index in [0.717, 1.165) is 17.1 Å². The van der Waals surface area contributed by atoms with Gasteiger partial charge in [-0.2, -0.15) is 0 Å². The number of sulfonamides is 1. The van der Waals surface area contributed by atoms with E-state index in [9.17, 15) is 17.2 Å². The van der Waals surface area contributed by atoms with Crippen LogP contribution in [0.1, 0.15) is 15.4 Å². The Morgan fingerprint density at radius 1 is 1.38 bits per heavy atom. The zero-order valence-corrected chi connectivity index (χ0v) is 12.6. The van der Waals surface area contributed by atoms with Gasteiger partial charge < -0.3 is 5.11 Å². The number of rotatable bonds is 5. The average Bonchev–Trinajstić information content (AvgIpc) is 2.83. The average molecular weight is 334 g/mol. The minimum Gasteiger partial charge on any atom is -0.391 e. The Balaban J connectivity index is 2.27. The molecule has 114 valence electrons. The summed E-state index contributed by atoms with van der Waals surface area (Å²) < 4.78 is 53.5. The molecule has 5 nitrogen and oxygen atoms in total. The number of aromatic nitrogens is 1. The monoisotopic (exact) mass is 334 g/mol. The van der Waals surface area contributed by atoms with Crippen molar-refractivity contribution in [2.75, 3.05) is 0 Å². The van der Waals surface area contributed by atoms with Crippen LogP contribution in [-0.4, -0.2) is 18.5 Å². The number of nitrogens with zero attached hydrogens (tertiary/aromatic N) is 1. The smallest absolute Gasteiger partial charge is 0.243 e. The van der Waals surface area contributed by atoms with Crippen LogP contribution in [0.4, 0.5) is 8.78 Å². The van der Waals surface area contributed by atoms with Crippen LogP contribution in [0.2, 0.25) is 0 Å². The van der Waals surface area contributed by atoms with Gasteiger partial charge in [-0.15, -0.1) is 11.3 Å². The Hall–Kier alpha value is -1.42. The fourth-order valence-corrected chi connectivity index (χ4v) is 3.59. The third kappa shape index (κ3) is 3.43. The van der Waals surface area contributed by atoms with Gasteiger partial charge in [0.15, 0.2) is 5.82 Å². The number of thiazole rings is 1. The van der Waals surface area contributed by atoms with Crippen molar-refractivity contribution in [1.29, 1.82) is 0 Å². The van der Waals surface area contributed by atoms with E-state index in [4.69, 9.17) is 5.11 Å². The zero-order chi connectivity index (χ0) is 15.6. The van der Waals surface area contributed by atoms with Crippen molar-refractivity contribution in [3.63, 3.8) is 0 Å². The number of aliphatic hydroxyl groups is 1. The van der Waals surface area contributed by atoms with E-state index in [2.05, 4.69) is 9.71 Å². The van der Waals surface area contributed by atoms with Crippen molar-refractivity contribution in [1.82, 2.24) is 9.71 Å². The molecule has 0 atom stereocenters. The lowest BCUT2D eigenvalue weighted by molar-refractivity contribution is 0.267. The lowest BCUT2D eigenvalue weighted by Crippen LogP contribution is -2.24. The van der Waals surface area contributed by atoms with Gasteiger partial charge in [-0.1, -0.05) is 0 Å². The maximum atomic E-state index is 13.9. The zero-order valence-electron chi connectivity index (χ0n) is 10.9. The van der Waals surface area contributed by atoms with E-state index in [1.54, 1.807) is 6.92 Å². The van der Waals surface area contributed by atoms with Crippen LogP contribution >= 0.6 is 11.3 Å². The highest BCUT2D eigenvalue weighted by atomic mass is 32.2. The predicted octanol–water partition coefficient (Wildman–Crippen LogP) is 1.70. The highest BCUT2D eigenvalue weighted by Crippen LogP contribution is 2.21. The molecule has 0 aliphatic rings. The van der Waals surface area contributed by atoms with E-state index >= 15 is 0 Å². The number of hydrogen-bond acceptors (Lipinski definition) is 5. The molecule has 0 spiro atoms. The molecular formula is C12H12F2N2O3S2. The number of hydrogen-bond donors (Lipinski definition) is 2. The van der Waals surface area contributed by atoms with Gasteiger partial charge in [0.25, 0.3) is 0 Å². The van der Waals surface area contributed by atoms with Crippen LogP contribution < -0.4 is 4.72 Å². The molecule has 0 unspecified atom stereocenters. The third-order valence-electron chi connectivity index (χ3n) is 2.70. The number of halogens is 2. The Kier molecular flexibility index (Phi) is 4.67. The van der Waals surface area contributed by atoms with E-state index < -0.39 is 38.7 Å². The Labute approximate surface area is 124 Å². The van der Waals surface area contributed by atoms with Crippen molar-refractivity contribution in [3.05, 3.63) is 45.4 Å². The molecule has 0 saturated heterocycles. The van der Waals surface area contributed by atoms with Crippen LogP contribution in [0.3, 0.4) is 0 Å². The summed E-state index contributed by atoms with van der Waals surface area (Å²) >= 11 is 1.31. The molecule has 1 aromatic heterocycles. The Morgan fingerprint density at radius 3 is 2.67 bits per heavy atom. The second-order valence-electron chi connectivity index (χ2n) is 4.17. The number of aryl methyl sites for hydroxylation is 1. The molecule has 1 heterocycles. The number of benzene rings is 1. The maximum Gasteiger partial charge on any atom is 0.243 e. The van der Waals surface area contributed by atoms with Crippen molar-refractivity contribution >= 4 is 21.4 Å². The molecule has 1 aromatic carbocycles. The van der Waals surface area contributed by atoms with E-state index in [0.29, 0.717) is 4.88 Å². The first-order valence-electron chi connectivity index (χ1n) is 5.84. The number of nitrogens with one attached hydrogen (secondary N) is 1. The van der Waals surface area contributed by atoms with E-state index in [1.807, 2.05) is 0 Å². The second kappa shape index (κ2) is 6.14. The summed E-state index contributed by atoms with van der Waals surface area (Å²) in [5.41, 5.74) is -0.675. The number of aliphatic hydroxyl groups excluding tert-OH is 1. The van der Waals surface area contributed by atoms with Gasteiger partial charge >= 0.3 is 0 Å². The van der Waals surface area contributed by atoms with Gasteiger partial charge in [0.2, 0.25) is 10.0 Å². The summed E-state index contributed by atoms with van der Waals surface area (Å²) in [5, 5.41) is 9.68. The molecule has 0 bridgehead atoms. The Morgan fingerprint density at radius 2 is 2.10 bits per heavy atom. The molecule has 0 saturated carbocycles. The molecular weight excluding hydrogens is 322 g/mol. The van der Waals surface area contributed by atoms with Gasteiger partial charge in [0, 0.05) is 17.6 Å². The highest BCUT2D eigenvalue weighted by molar-refractivity contribution is 7.89. The first-order valence-corrected chi connectivity index (χ1v) is 8.14. The first-order chi connectivity index (χ1) is 9.85. The standard InChI is InChI=1S/C12H12F2N2O3S2/c1-7-15-4-8(20-7)5-16-21(18,19)11-3-2-10(13)9(6-17)12(11)14/h2-4,16-17H,5-6H2,1H3. The van der Waals surface area contributed by atoms with Gasteiger partial charge in [-0.3, -0.25) is 0 Å². The minimum atomic E-state index is -4.15. The normalized spacial score (nSPS) is 11.8. The summed E-state index contributed by atoms with van der Waals surface area (Å²) in [6.07, 6.45) is 1.52. The molecule has 21 heavy (non-hydrogen) atoms. The largest absolute Gasteiger partial charge is 0.391 e. The van der Waals surface area contributed by atoms with Crippen molar-refractivity contribution in [2.45, 2.75) is 25.0 Å². The van der Waals surface area contributed by atoms with Crippen LogP contribution in [0.15, 0.2) is 23.2 Å². The van der Waals surface area contributed by atoms with Gasteiger partial charge in [-0.05, 0) is 19.1 Å². The fourth-order valence-electron chi connectivity index (χ4n) is 1.66. The first kappa shape index (κ1) is 16.0. The second-order valence-corrected chi connectivity index (χ2v) is 7.22. The van der Waals surface area contributed by atoms with Crippen molar-refractivity contribution < 1.29 is 22.3 Å². The van der Waals surface area contributed by atoms with Crippen molar-refractivity contribution in [3.8, 4) is 0 Å². The lowest BCUT2D eigenvalue weighted by Gasteiger charge is -2.09. The van der Waals surface area contributed by atoms with Gasteiger partial charge in [0.05, 0.1) is 17.2 Å². The summed E-state index contributed by atoms with van der Waals surface area (Å²) in [6, 6.07) is 1.63. The molecule has 0 radical (unpaired) electrons. The van der Waals surface area contributed by atoms with Crippen LogP contribution in [0, 0.1) is 18.6 Å². The lowest BCUT2D eigenvalue weighted by atomic mass is 10.2. The minimum absolute atomic E-state index is 0.0425. The Bertz CT molecular complexity index is 760. The summed E-state index contributed by atoms with van der Waals surface area (Å²) in [6.45, 7) is 0.810. The molecule has 2 rings (SSSR count). The summed E-state index contributed by atoms with van der Waals surface area (Å²) in [7, 11) is -4.15. The summed E-state index contributed by atoms with van der Waals surface area (Å²) in [5.74, 6) is -2.28. The van der Waals surface area contributed by atoms with E-state index in [1.165, 1.54) is 17.5 Å². The van der Waals surface area contributed by atoms with Crippen LogP contribution in [-0.2, 0) is 23.2 Å². The molecule has 0 aliphatic carbocycles. The van der Waals surface area contributed by atoms with E-state index in [-0.39, 0.29) is 6.54 Å². The van der Waals surface area contributed by atoms with Gasteiger partial charge in [-0.25, -0.2) is 26.9 Å². The topological polar surface area (TPSA) is 79.3 Å². The fraction of sp³-hybridized carbons (Fsp3) is 0.250. The predicted molar refractivity (Wildman–Crippen MR) is 73.2 cm³/mol. The quantitative estimate of drug-likeness (QED) is 0.872. The SMILES string of the molecule is Cc1ncc(CNS(=O)(=O)c2ccc(F)c(CO)c2F)s1. The van der Waals surface area contributed by atoms with Crippen LogP contribution in [0.5, 0.6) is 0 Å². The van der Waals surface area contributed by atoms with Gasteiger partial charge in [0.1, 0.15) is 10.7 Å². The molecule has 0 fully saturated rings. The molecule has 2 N–H and O–H groups in total. The molecule has 0 amide bonds. The molecule has 9 heteroatoms. The molecule has 0 aliphatic heterocycles. The molecule has 2 aromatic rings.